The third-order valence-corrected chi connectivity index (χ3v) is 4.41. The van der Waals surface area contributed by atoms with E-state index in [1.54, 1.807) is 12.1 Å². The molecule has 0 fully saturated rings. The maximum Gasteiger partial charge on any atom is 0.171 e. The van der Waals surface area contributed by atoms with E-state index < -0.39 is 0 Å². The molecule has 0 saturated carbocycles. The van der Waals surface area contributed by atoms with Gasteiger partial charge in [0, 0.05) is 18.3 Å². The van der Waals surface area contributed by atoms with Crippen LogP contribution in [0.25, 0.3) is 0 Å². The fraction of sp³-hybridized carbons (Fsp3) is 0.208. The molecule has 0 unspecified atom stereocenters. The summed E-state index contributed by atoms with van der Waals surface area (Å²) < 4.78 is 24.4. The molecule has 0 spiro atoms. The van der Waals surface area contributed by atoms with Gasteiger partial charge in [0.2, 0.25) is 0 Å². The van der Waals surface area contributed by atoms with Crippen molar-refractivity contribution in [1.82, 2.24) is 5.32 Å². The molecule has 4 nitrogen and oxygen atoms in total. The number of rotatable bonds is 8. The van der Waals surface area contributed by atoms with Gasteiger partial charge >= 0.3 is 0 Å². The maximum absolute atomic E-state index is 12.9. The van der Waals surface area contributed by atoms with E-state index in [0.717, 1.165) is 28.3 Å². The van der Waals surface area contributed by atoms with Gasteiger partial charge in [0.25, 0.3) is 0 Å². The highest BCUT2D eigenvalue weighted by Crippen LogP contribution is 2.19. The van der Waals surface area contributed by atoms with Crippen molar-refractivity contribution >= 4 is 23.0 Å². The number of ether oxygens (including phenoxy) is 2. The summed E-state index contributed by atoms with van der Waals surface area (Å²) in [6.45, 7) is 4.97. The van der Waals surface area contributed by atoms with Gasteiger partial charge in [-0.25, -0.2) is 4.39 Å². The molecule has 3 rings (SSSR count). The van der Waals surface area contributed by atoms with Crippen LogP contribution in [0.2, 0.25) is 0 Å². The van der Waals surface area contributed by atoms with E-state index in [4.69, 9.17) is 21.7 Å². The zero-order valence-electron chi connectivity index (χ0n) is 17.0. The van der Waals surface area contributed by atoms with Crippen LogP contribution in [0.5, 0.6) is 11.5 Å². The van der Waals surface area contributed by atoms with E-state index >= 15 is 0 Å². The highest BCUT2D eigenvalue weighted by Gasteiger charge is 2.03. The number of hydrogen-bond acceptors (Lipinski definition) is 3. The fourth-order valence-electron chi connectivity index (χ4n) is 2.73. The normalized spacial score (nSPS) is 10.5. The fourth-order valence-corrected chi connectivity index (χ4v) is 2.92. The lowest BCUT2D eigenvalue weighted by Gasteiger charge is -2.13. The Morgan fingerprint density at radius 3 is 2.33 bits per heavy atom. The van der Waals surface area contributed by atoms with Gasteiger partial charge in [0.15, 0.2) is 5.11 Å². The number of thiocarbonyl (C=S) groups is 1. The lowest BCUT2D eigenvalue weighted by molar-refractivity contribution is 0.242. The smallest absolute Gasteiger partial charge is 0.171 e. The molecule has 0 amide bonds. The van der Waals surface area contributed by atoms with Gasteiger partial charge in [0.05, 0.1) is 6.10 Å². The minimum Gasteiger partial charge on any atom is -0.491 e. The number of benzene rings is 3. The Hall–Kier alpha value is -3.12. The van der Waals surface area contributed by atoms with Crippen LogP contribution in [-0.4, -0.2) is 11.2 Å². The van der Waals surface area contributed by atoms with Crippen molar-refractivity contribution in [3.05, 3.63) is 89.7 Å². The van der Waals surface area contributed by atoms with Crippen molar-refractivity contribution in [3.8, 4) is 11.5 Å². The van der Waals surface area contributed by atoms with Crippen molar-refractivity contribution in [1.29, 1.82) is 0 Å². The summed E-state index contributed by atoms with van der Waals surface area (Å²) in [7, 11) is 0. The Labute approximate surface area is 182 Å². The first kappa shape index (κ1) is 21.6. The molecule has 0 aliphatic carbocycles. The minimum atomic E-state index is -0.250. The van der Waals surface area contributed by atoms with E-state index in [2.05, 4.69) is 10.6 Å². The second-order valence-electron chi connectivity index (χ2n) is 7.06. The van der Waals surface area contributed by atoms with Crippen LogP contribution >= 0.6 is 12.2 Å². The topological polar surface area (TPSA) is 42.5 Å². The first-order valence-electron chi connectivity index (χ1n) is 9.76. The zero-order chi connectivity index (χ0) is 21.3. The van der Waals surface area contributed by atoms with Crippen molar-refractivity contribution in [3.63, 3.8) is 0 Å². The summed E-state index contributed by atoms with van der Waals surface area (Å²) in [6, 6.07) is 21.8. The van der Waals surface area contributed by atoms with E-state index in [9.17, 15) is 4.39 Å². The van der Waals surface area contributed by atoms with Gasteiger partial charge in [0.1, 0.15) is 23.9 Å². The number of halogens is 1. The summed E-state index contributed by atoms with van der Waals surface area (Å²) >= 11 is 5.38. The third-order valence-electron chi connectivity index (χ3n) is 4.16. The van der Waals surface area contributed by atoms with Gasteiger partial charge in [-0.2, -0.15) is 0 Å². The van der Waals surface area contributed by atoms with E-state index in [1.807, 2.05) is 62.4 Å². The van der Waals surface area contributed by atoms with E-state index in [-0.39, 0.29) is 11.9 Å². The highest BCUT2D eigenvalue weighted by atomic mass is 32.1. The second-order valence-corrected chi connectivity index (χ2v) is 7.47. The van der Waals surface area contributed by atoms with Crippen LogP contribution in [0, 0.1) is 5.82 Å². The molecule has 2 N–H and O–H groups in total. The van der Waals surface area contributed by atoms with Crippen LogP contribution in [0.3, 0.4) is 0 Å². The van der Waals surface area contributed by atoms with Gasteiger partial charge < -0.3 is 20.1 Å². The molecule has 156 valence electrons. The molecule has 0 saturated heterocycles. The average Bonchev–Trinajstić information content (AvgIpc) is 2.72. The molecule has 30 heavy (non-hydrogen) atoms. The predicted molar refractivity (Wildman–Crippen MR) is 122 cm³/mol. The quantitative estimate of drug-likeness (QED) is 0.456. The van der Waals surface area contributed by atoms with Crippen molar-refractivity contribution < 1.29 is 13.9 Å². The molecule has 0 atom stereocenters. The Morgan fingerprint density at radius 2 is 1.63 bits per heavy atom. The minimum absolute atomic E-state index is 0.118. The van der Waals surface area contributed by atoms with Crippen LogP contribution in [0.15, 0.2) is 72.8 Å². The SMILES string of the molecule is CC(C)Oc1cccc(NC(=S)NCc2ccc(OCc3ccc(F)cc3)cc2)c1. The Bertz CT molecular complexity index is 960. The summed E-state index contributed by atoms with van der Waals surface area (Å²) in [5.74, 6) is 1.30. The Morgan fingerprint density at radius 1 is 0.933 bits per heavy atom. The molecule has 0 aliphatic rings. The first-order chi connectivity index (χ1) is 14.5. The lowest BCUT2D eigenvalue weighted by Crippen LogP contribution is -2.27. The Kier molecular flexibility index (Phi) is 7.63. The third kappa shape index (κ3) is 7.04. The Balaban J connectivity index is 1.45. The van der Waals surface area contributed by atoms with E-state index in [1.165, 1.54) is 12.1 Å². The van der Waals surface area contributed by atoms with Crippen LogP contribution < -0.4 is 20.1 Å². The maximum atomic E-state index is 12.9. The van der Waals surface area contributed by atoms with Crippen molar-refractivity contribution in [2.45, 2.75) is 33.1 Å². The predicted octanol–water partition coefficient (Wildman–Crippen LogP) is 5.68. The lowest BCUT2D eigenvalue weighted by atomic mass is 10.2. The number of nitrogens with one attached hydrogen (secondary N) is 2. The van der Waals surface area contributed by atoms with Crippen LogP contribution in [0.4, 0.5) is 10.1 Å². The summed E-state index contributed by atoms with van der Waals surface area (Å²) in [6.07, 6.45) is 0.118. The van der Waals surface area contributed by atoms with Crippen molar-refractivity contribution in [2.24, 2.45) is 0 Å². The van der Waals surface area contributed by atoms with E-state index in [0.29, 0.717) is 18.3 Å². The monoisotopic (exact) mass is 424 g/mol. The molecule has 6 heteroatoms. The molecule has 0 bridgehead atoms. The first-order valence-corrected chi connectivity index (χ1v) is 10.2. The highest BCUT2D eigenvalue weighted by molar-refractivity contribution is 7.80. The van der Waals surface area contributed by atoms with Gasteiger partial charge in [-0.05, 0) is 73.6 Å². The van der Waals surface area contributed by atoms with Crippen molar-refractivity contribution in [2.75, 3.05) is 5.32 Å². The molecular weight excluding hydrogens is 399 g/mol. The standard InChI is InChI=1S/C24H25FN2O2S/c1-17(2)29-23-5-3-4-21(14-23)27-24(30)26-15-18-8-12-22(13-9-18)28-16-19-6-10-20(25)11-7-19/h3-14,17H,15-16H2,1-2H3,(H2,26,27,30). The average molecular weight is 425 g/mol. The van der Waals surface area contributed by atoms with Crippen LogP contribution in [-0.2, 0) is 13.2 Å². The summed E-state index contributed by atoms with van der Waals surface area (Å²) in [4.78, 5) is 0. The van der Waals surface area contributed by atoms with Gasteiger partial charge in [-0.3, -0.25) is 0 Å². The number of anilines is 1. The molecular formula is C24H25FN2O2S. The largest absolute Gasteiger partial charge is 0.491 e. The second kappa shape index (κ2) is 10.6. The van der Waals surface area contributed by atoms with Gasteiger partial charge in [-0.1, -0.05) is 30.3 Å². The molecule has 3 aromatic rings. The molecule has 0 aromatic heterocycles. The molecule has 0 aliphatic heterocycles. The number of hydrogen-bond donors (Lipinski definition) is 2. The summed E-state index contributed by atoms with van der Waals surface area (Å²) in [5.41, 5.74) is 2.86. The molecule has 0 radical (unpaired) electrons. The van der Waals surface area contributed by atoms with Crippen LogP contribution in [0.1, 0.15) is 25.0 Å². The van der Waals surface area contributed by atoms with Gasteiger partial charge in [-0.15, -0.1) is 0 Å². The molecule has 0 heterocycles. The summed E-state index contributed by atoms with van der Waals surface area (Å²) in [5, 5.41) is 6.90. The molecule has 3 aromatic carbocycles. The zero-order valence-corrected chi connectivity index (χ0v) is 17.8.